The number of nitrogens with zero attached hydrogens (tertiary/aromatic N) is 1. The van der Waals surface area contributed by atoms with E-state index in [1.165, 1.54) is 7.11 Å². The fraction of sp³-hybridized carbons (Fsp3) is 0.700. The molecule has 76 valence electrons. The molecule has 0 aliphatic rings. The maximum Gasteiger partial charge on any atom is 0.409 e. The molecular weight excluding hydrogens is 166 g/mol. The highest BCUT2D eigenvalue weighted by Crippen LogP contribution is 1.99. The van der Waals surface area contributed by atoms with E-state index in [1.807, 2.05) is 6.08 Å². The molecule has 3 nitrogen and oxygen atoms in total. The molecular formula is C10H19NO2. The third-order valence-electron chi connectivity index (χ3n) is 1.82. The van der Waals surface area contributed by atoms with E-state index in [9.17, 15) is 4.79 Å². The van der Waals surface area contributed by atoms with Crippen LogP contribution in [0.4, 0.5) is 4.79 Å². The number of ether oxygens (including phenoxy) is 1. The molecule has 0 fully saturated rings. The van der Waals surface area contributed by atoms with Crippen LogP contribution < -0.4 is 0 Å². The SMILES string of the molecule is C=CCCN(CCCC)C(=O)OC. The van der Waals surface area contributed by atoms with Crippen molar-refractivity contribution in [3.05, 3.63) is 12.7 Å². The number of carbonyl (C=O) groups excluding carboxylic acids is 1. The summed E-state index contributed by atoms with van der Waals surface area (Å²) in [6, 6.07) is 0. The van der Waals surface area contributed by atoms with Crippen LogP contribution in [0.5, 0.6) is 0 Å². The Morgan fingerprint density at radius 1 is 1.54 bits per heavy atom. The van der Waals surface area contributed by atoms with Gasteiger partial charge >= 0.3 is 6.09 Å². The number of hydrogen-bond donors (Lipinski definition) is 0. The van der Waals surface area contributed by atoms with Crippen LogP contribution in [0.2, 0.25) is 0 Å². The molecule has 0 spiro atoms. The molecule has 0 saturated heterocycles. The number of amides is 1. The van der Waals surface area contributed by atoms with E-state index in [1.54, 1.807) is 4.90 Å². The van der Waals surface area contributed by atoms with E-state index in [0.29, 0.717) is 6.54 Å². The van der Waals surface area contributed by atoms with Crippen LogP contribution in [-0.4, -0.2) is 31.2 Å². The van der Waals surface area contributed by atoms with Gasteiger partial charge in [-0.1, -0.05) is 19.4 Å². The summed E-state index contributed by atoms with van der Waals surface area (Å²) in [5.41, 5.74) is 0. The zero-order valence-corrected chi connectivity index (χ0v) is 8.58. The van der Waals surface area contributed by atoms with E-state index < -0.39 is 0 Å². The minimum atomic E-state index is -0.240. The molecule has 0 N–H and O–H groups in total. The van der Waals surface area contributed by atoms with E-state index in [2.05, 4.69) is 18.2 Å². The Kier molecular flexibility index (Phi) is 7.07. The van der Waals surface area contributed by atoms with Crippen molar-refractivity contribution >= 4 is 6.09 Å². The Balaban J connectivity index is 3.86. The average molecular weight is 185 g/mol. The van der Waals surface area contributed by atoms with Crippen molar-refractivity contribution in [1.82, 2.24) is 4.90 Å². The van der Waals surface area contributed by atoms with E-state index in [0.717, 1.165) is 25.8 Å². The lowest BCUT2D eigenvalue weighted by molar-refractivity contribution is 0.123. The number of rotatable bonds is 6. The molecule has 0 saturated carbocycles. The summed E-state index contributed by atoms with van der Waals surface area (Å²) < 4.78 is 4.66. The van der Waals surface area contributed by atoms with Crippen LogP contribution in [0.25, 0.3) is 0 Å². The highest BCUT2D eigenvalue weighted by atomic mass is 16.5. The fourth-order valence-electron chi connectivity index (χ4n) is 1.02. The van der Waals surface area contributed by atoms with Crippen molar-refractivity contribution in [2.45, 2.75) is 26.2 Å². The Hall–Kier alpha value is -0.990. The van der Waals surface area contributed by atoms with Gasteiger partial charge in [-0.25, -0.2) is 4.79 Å². The second-order valence-corrected chi connectivity index (χ2v) is 2.89. The normalized spacial score (nSPS) is 9.38. The smallest absolute Gasteiger partial charge is 0.409 e. The molecule has 0 aromatic carbocycles. The first-order chi connectivity index (χ1) is 6.26. The van der Waals surface area contributed by atoms with Gasteiger partial charge < -0.3 is 9.64 Å². The molecule has 0 rings (SSSR count). The van der Waals surface area contributed by atoms with Gasteiger partial charge in [0.2, 0.25) is 0 Å². The Morgan fingerprint density at radius 3 is 2.69 bits per heavy atom. The lowest BCUT2D eigenvalue weighted by Crippen LogP contribution is -2.32. The molecule has 13 heavy (non-hydrogen) atoms. The van der Waals surface area contributed by atoms with E-state index in [4.69, 9.17) is 0 Å². The maximum absolute atomic E-state index is 11.2. The molecule has 0 unspecified atom stereocenters. The predicted octanol–water partition coefficient (Wildman–Crippen LogP) is 2.43. The lowest BCUT2D eigenvalue weighted by Gasteiger charge is -2.19. The van der Waals surface area contributed by atoms with E-state index >= 15 is 0 Å². The molecule has 0 aromatic rings. The molecule has 3 heteroatoms. The predicted molar refractivity (Wildman–Crippen MR) is 53.7 cm³/mol. The van der Waals surface area contributed by atoms with Crippen molar-refractivity contribution < 1.29 is 9.53 Å². The first kappa shape index (κ1) is 12.0. The molecule has 0 aliphatic carbocycles. The summed E-state index contributed by atoms with van der Waals surface area (Å²) in [6.07, 6.45) is 4.49. The number of methoxy groups -OCH3 is 1. The van der Waals surface area contributed by atoms with Gasteiger partial charge in [0.05, 0.1) is 7.11 Å². The highest BCUT2D eigenvalue weighted by Gasteiger charge is 2.10. The molecule has 1 amide bonds. The fourth-order valence-corrected chi connectivity index (χ4v) is 1.02. The largest absolute Gasteiger partial charge is 0.453 e. The van der Waals surface area contributed by atoms with Crippen LogP contribution in [-0.2, 0) is 4.74 Å². The summed E-state index contributed by atoms with van der Waals surface area (Å²) in [4.78, 5) is 12.9. The first-order valence-corrected chi connectivity index (χ1v) is 4.70. The van der Waals surface area contributed by atoms with Gasteiger partial charge in [0.25, 0.3) is 0 Å². The lowest BCUT2D eigenvalue weighted by atomic mass is 10.3. The standard InChI is InChI=1S/C10H19NO2/c1-4-6-8-11(9-7-5-2)10(12)13-3/h4H,1,5-9H2,2-3H3. The molecule has 0 aromatic heterocycles. The van der Waals surface area contributed by atoms with Crippen molar-refractivity contribution in [3.8, 4) is 0 Å². The molecule has 0 heterocycles. The monoisotopic (exact) mass is 185 g/mol. The van der Waals surface area contributed by atoms with Gasteiger partial charge in [0.15, 0.2) is 0 Å². The van der Waals surface area contributed by atoms with Gasteiger partial charge in [0.1, 0.15) is 0 Å². The van der Waals surface area contributed by atoms with Gasteiger partial charge in [-0.15, -0.1) is 6.58 Å². The quantitative estimate of drug-likeness (QED) is 0.595. The van der Waals surface area contributed by atoms with Gasteiger partial charge in [-0.05, 0) is 12.8 Å². The minimum absolute atomic E-state index is 0.240. The third-order valence-corrected chi connectivity index (χ3v) is 1.82. The zero-order chi connectivity index (χ0) is 10.1. The maximum atomic E-state index is 11.2. The van der Waals surface area contributed by atoms with Gasteiger partial charge in [0, 0.05) is 13.1 Å². The highest BCUT2D eigenvalue weighted by molar-refractivity contribution is 5.67. The molecule has 0 aliphatic heterocycles. The molecule has 0 bridgehead atoms. The zero-order valence-electron chi connectivity index (χ0n) is 8.58. The number of hydrogen-bond acceptors (Lipinski definition) is 2. The third kappa shape index (κ3) is 5.28. The Morgan fingerprint density at radius 2 is 2.23 bits per heavy atom. The van der Waals surface area contributed by atoms with Gasteiger partial charge in [-0.2, -0.15) is 0 Å². The van der Waals surface area contributed by atoms with Crippen LogP contribution >= 0.6 is 0 Å². The van der Waals surface area contributed by atoms with Gasteiger partial charge in [-0.3, -0.25) is 0 Å². The minimum Gasteiger partial charge on any atom is -0.453 e. The number of unbranched alkanes of at least 4 members (excludes halogenated alkanes) is 1. The van der Waals surface area contributed by atoms with Crippen LogP contribution in [0, 0.1) is 0 Å². The summed E-state index contributed by atoms with van der Waals surface area (Å²) in [7, 11) is 1.41. The second kappa shape index (κ2) is 7.65. The van der Waals surface area contributed by atoms with Crippen molar-refractivity contribution in [2.24, 2.45) is 0 Å². The van der Waals surface area contributed by atoms with Crippen molar-refractivity contribution in [1.29, 1.82) is 0 Å². The topological polar surface area (TPSA) is 29.5 Å². The summed E-state index contributed by atoms with van der Waals surface area (Å²) >= 11 is 0. The van der Waals surface area contributed by atoms with Crippen LogP contribution in [0.15, 0.2) is 12.7 Å². The molecule has 0 radical (unpaired) electrons. The Labute approximate surface area is 80.4 Å². The van der Waals surface area contributed by atoms with E-state index in [-0.39, 0.29) is 6.09 Å². The Bertz CT molecular complexity index is 157. The second-order valence-electron chi connectivity index (χ2n) is 2.89. The molecule has 0 atom stereocenters. The van der Waals surface area contributed by atoms with Crippen molar-refractivity contribution in [2.75, 3.05) is 20.2 Å². The summed E-state index contributed by atoms with van der Waals surface area (Å²) in [5, 5.41) is 0. The average Bonchev–Trinajstić information content (AvgIpc) is 2.17. The van der Waals surface area contributed by atoms with Crippen LogP contribution in [0.3, 0.4) is 0 Å². The van der Waals surface area contributed by atoms with Crippen LogP contribution in [0.1, 0.15) is 26.2 Å². The van der Waals surface area contributed by atoms with Crippen molar-refractivity contribution in [3.63, 3.8) is 0 Å². The first-order valence-electron chi connectivity index (χ1n) is 4.70. The summed E-state index contributed by atoms with van der Waals surface area (Å²) in [5.74, 6) is 0. The number of carbonyl (C=O) groups is 1. The summed E-state index contributed by atoms with van der Waals surface area (Å²) in [6.45, 7) is 7.20.